The Bertz CT molecular complexity index is 535. The van der Waals surface area contributed by atoms with Gasteiger partial charge in [0.1, 0.15) is 5.78 Å². The predicted molar refractivity (Wildman–Crippen MR) is 110 cm³/mol. The molecule has 2 heterocycles. The summed E-state index contributed by atoms with van der Waals surface area (Å²) in [7, 11) is 0. The molecule has 4 unspecified atom stereocenters. The van der Waals surface area contributed by atoms with Gasteiger partial charge in [-0.05, 0) is 58.3 Å². The molecule has 0 aromatic rings. The number of carbonyl (C=O) groups is 1. The first-order chi connectivity index (χ1) is 13.0. The van der Waals surface area contributed by atoms with Crippen LogP contribution in [0.2, 0.25) is 0 Å². The van der Waals surface area contributed by atoms with E-state index in [2.05, 4.69) is 13.8 Å². The molecule has 0 radical (unpaired) electrons. The van der Waals surface area contributed by atoms with Crippen LogP contribution in [0, 0.1) is 17.8 Å². The Hall–Kier alpha value is -0.490. The van der Waals surface area contributed by atoms with Crippen LogP contribution in [0.3, 0.4) is 0 Å². The van der Waals surface area contributed by atoms with Crippen LogP contribution < -0.4 is 0 Å². The highest BCUT2D eigenvalue weighted by atomic mass is 16.6. The van der Waals surface area contributed by atoms with Gasteiger partial charge in [-0.1, -0.05) is 34.6 Å². The second kappa shape index (κ2) is 9.11. The lowest BCUT2D eigenvalue weighted by atomic mass is 9.77. The molecule has 164 valence electrons. The van der Waals surface area contributed by atoms with Crippen LogP contribution in [0.5, 0.6) is 0 Å². The Morgan fingerprint density at radius 1 is 1.18 bits per heavy atom. The zero-order valence-corrected chi connectivity index (χ0v) is 18.9. The van der Waals surface area contributed by atoms with Gasteiger partial charge in [0.05, 0.1) is 35.6 Å². The first-order valence-electron chi connectivity index (χ1n) is 11.3. The summed E-state index contributed by atoms with van der Waals surface area (Å²) in [5.41, 5.74) is -1.17. The zero-order chi connectivity index (χ0) is 21.3. The minimum absolute atomic E-state index is 0.0615. The van der Waals surface area contributed by atoms with Crippen molar-refractivity contribution < 1.29 is 24.5 Å². The lowest BCUT2D eigenvalue weighted by molar-refractivity contribution is -0.229. The Morgan fingerprint density at radius 3 is 2.29 bits per heavy atom. The number of aliphatic hydroxyl groups excluding tert-OH is 1. The number of hydrogen-bond donors (Lipinski definition) is 2. The van der Waals surface area contributed by atoms with Gasteiger partial charge < -0.3 is 19.7 Å². The minimum atomic E-state index is -0.760. The van der Waals surface area contributed by atoms with Gasteiger partial charge >= 0.3 is 0 Å². The summed E-state index contributed by atoms with van der Waals surface area (Å²) >= 11 is 0. The van der Waals surface area contributed by atoms with Gasteiger partial charge in [-0.2, -0.15) is 0 Å². The predicted octanol–water partition coefficient (Wildman–Crippen LogP) is 3.88. The van der Waals surface area contributed by atoms with Crippen LogP contribution in [-0.2, 0) is 14.3 Å². The summed E-state index contributed by atoms with van der Waals surface area (Å²) in [5.74, 6) is -0.245. The van der Waals surface area contributed by atoms with E-state index in [-0.39, 0.29) is 41.8 Å². The van der Waals surface area contributed by atoms with Crippen molar-refractivity contribution in [2.75, 3.05) is 0 Å². The van der Waals surface area contributed by atoms with E-state index in [9.17, 15) is 15.0 Å². The van der Waals surface area contributed by atoms with Crippen molar-refractivity contribution in [3.8, 4) is 0 Å². The van der Waals surface area contributed by atoms with Gasteiger partial charge in [0.2, 0.25) is 0 Å². The first kappa shape index (κ1) is 23.8. The summed E-state index contributed by atoms with van der Waals surface area (Å²) in [6.45, 7) is 13.8. The Kier molecular flexibility index (Phi) is 7.74. The Balaban J connectivity index is 2.20. The van der Waals surface area contributed by atoms with Crippen molar-refractivity contribution in [3.63, 3.8) is 0 Å². The van der Waals surface area contributed by atoms with Crippen LogP contribution in [0.1, 0.15) is 87.0 Å². The molecule has 2 fully saturated rings. The number of ether oxygens (including phenoxy) is 2. The number of hydrogen-bond acceptors (Lipinski definition) is 5. The average Bonchev–Trinajstić information content (AvgIpc) is 3.01. The van der Waals surface area contributed by atoms with E-state index in [1.54, 1.807) is 13.8 Å². The van der Waals surface area contributed by atoms with Crippen LogP contribution in [0.15, 0.2) is 0 Å². The van der Waals surface area contributed by atoms with E-state index < -0.39 is 17.3 Å². The number of aliphatic hydroxyl groups is 2. The highest BCUT2D eigenvalue weighted by molar-refractivity contribution is 5.84. The van der Waals surface area contributed by atoms with E-state index >= 15 is 0 Å². The van der Waals surface area contributed by atoms with E-state index in [4.69, 9.17) is 9.47 Å². The molecule has 0 aromatic heterocycles. The lowest BCUT2D eigenvalue weighted by Crippen LogP contribution is -2.55. The highest BCUT2D eigenvalue weighted by Crippen LogP contribution is 2.48. The maximum atomic E-state index is 13.0. The van der Waals surface area contributed by atoms with Crippen molar-refractivity contribution in [1.29, 1.82) is 0 Å². The standard InChI is InChI=1S/C23H42O5/c1-8-18(20(25)15(5)16(6)24)21-14(4)13-23(10-3,28-21)19-11-12-22(26,9-2)17(7)27-19/h14-19,21,24,26H,8-13H2,1-7H3/t14-,15?,16?,17-,18?,19+,21-,22?,23-/m0/s1. The Morgan fingerprint density at radius 2 is 1.82 bits per heavy atom. The third-order valence-electron chi connectivity index (χ3n) is 7.74. The van der Waals surface area contributed by atoms with Gasteiger partial charge in [-0.3, -0.25) is 4.79 Å². The second-order valence-electron chi connectivity index (χ2n) is 9.39. The molecule has 0 spiro atoms. The zero-order valence-electron chi connectivity index (χ0n) is 18.9. The van der Waals surface area contributed by atoms with Crippen molar-refractivity contribution in [2.45, 2.75) is 123 Å². The molecule has 0 bridgehead atoms. The van der Waals surface area contributed by atoms with Gasteiger partial charge in [0, 0.05) is 11.8 Å². The normalized spacial score (nSPS) is 42.2. The van der Waals surface area contributed by atoms with Gasteiger partial charge in [0.25, 0.3) is 0 Å². The van der Waals surface area contributed by atoms with Crippen LogP contribution >= 0.6 is 0 Å². The lowest BCUT2D eigenvalue weighted by Gasteiger charge is -2.47. The molecule has 0 saturated carbocycles. The molecule has 0 aliphatic carbocycles. The fourth-order valence-electron chi connectivity index (χ4n) is 5.29. The average molecular weight is 399 g/mol. The first-order valence-corrected chi connectivity index (χ1v) is 11.3. The quantitative estimate of drug-likeness (QED) is 0.649. The molecule has 9 atom stereocenters. The van der Waals surface area contributed by atoms with Crippen LogP contribution in [0.25, 0.3) is 0 Å². The Labute approximate surface area is 171 Å². The molecule has 5 nitrogen and oxygen atoms in total. The SMILES string of the molecule is CCC(C(=O)C(C)C(C)O)[C@H]1O[C@](CC)([C@H]2CCC(O)(CC)[C@H](C)O2)C[C@@H]1C. The van der Waals surface area contributed by atoms with Gasteiger partial charge in [-0.15, -0.1) is 0 Å². The summed E-state index contributed by atoms with van der Waals surface area (Å²) in [6, 6.07) is 0. The molecular weight excluding hydrogens is 356 g/mol. The number of Topliss-reactive ketones (excluding diaryl/α,β-unsaturated/α-hetero) is 1. The minimum Gasteiger partial charge on any atom is -0.393 e. The fourth-order valence-corrected chi connectivity index (χ4v) is 5.29. The highest BCUT2D eigenvalue weighted by Gasteiger charge is 2.55. The van der Waals surface area contributed by atoms with Crippen LogP contribution in [-0.4, -0.2) is 51.6 Å². The monoisotopic (exact) mass is 398 g/mol. The van der Waals surface area contributed by atoms with Crippen molar-refractivity contribution in [1.82, 2.24) is 0 Å². The third kappa shape index (κ3) is 4.33. The third-order valence-corrected chi connectivity index (χ3v) is 7.74. The summed E-state index contributed by atoms with van der Waals surface area (Å²) in [5, 5.41) is 20.6. The summed E-state index contributed by atoms with van der Waals surface area (Å²) < 4.78 is 13.0. The van der Waals surface area contributed by atoms with E-state index in [0.717, 1.165) is 19.3 Å². The van der Waals surface area contributed by atoms with Crippen molar-refractivity contribution in [3.05, 3.63) is 0 Å². The van der Waals surface area contributed by atoms with Gasteiger partial charge in [0.15, 0.2) is 0 Å². The van der Waals surface area contributed by atoms with Crippen LogP contribution in [0.4, 0.5) is 0 Å². The topological polar surface area (TPSA) is 76.0 Å². The molecule has 0 amide bonds. The molecule has 28 heavy (non-hydrogen) atoms. The number of carbonyl (C=O) groups excluding carboxylic acids is 1. The van der Waals surface area contributed by atoms with Crippen molar-refractivity contribution >= 4 is 5.78 Å². The molecule has 2 aliphatic heterocycles. The molecular formula is C23H42O5. The second-order valence-corrected chi connectivity index (χ2v) is 9.39. The summed E-state index contributed by atoms with van der Waals surface area (Å²) in [6.07, 6.45) is 3.49. The number of ketones is 1. The molecule has 2 aliphatic rings. The maximum Gasteiger partial charge on any atom is 0.143 e. The fraction of sp³-hybridized carbons (Fsp3) is 0.957. The van der Waals surface area contributed by atoms with E-state index in [1.807, 2.05) is 20.8 Å². The molecule has 2 N–H and O–H groups in total. The summed E-state index contributed by atoms with van der Waals surface area (Å²) in [4.78, 5) is 13.0. The molecule has 2 rings (SSSR count). The smallest absolute Gasteiger partial charge is 0.143 e. The van der Waals surface area contributed by atoms with Gasteiger partial charge in [-0.25, -0.2) is 0 Å². The maximum absolute atomic E-state index is 13.0. The molecule has 0 aromatic carbocycles. The number of rotatable bonds is 8. The molecule has 5 heteroatoms. The van der Waals surface area contributed by atoms with Crippen molar-refractivity contribution in [2.24, 2.45) is 17.8 Å². The van der Waals surface area contributed by atoms with E-state index in [0.29, 0.717) is 19.3 Å². The largest absolute Gasteiger partial charge is 0.393 e. The molecule has 2 saturated heterocycles. The van der Waals surface area contributed by atoms with E-state index in [1.165, 1.54) is 0 Å².